The minimum absolute atomic E-state index is 0.00334. The van der Waals surface area contributed by atoms with Gasteiger partial charge in [-0.1, -0.05) is 128 Å². The lowest BCUT2D eigenvalue weighted by Crippen LogP contribution is -2.68. The Kier molecular flexibility index (Phi) is 13.1. The lowest BCUT2D eigenvalue weighted by atomic mass is 9.91. The number of hydrogen-bond donors (Lipinski definition) is 0. The van der Waals surface area contributed by atoms with Crippen LogP contribution in [-0.4, -0.2) is 85.7 Å². The van der Waals surface area contributed by atoms with E-state index in [-0.39, 0.29) is 26.4 Å². The van der Waals surface area contributed by atoms with E-state index in [1.807, 2.05) is 149 Å². The van der Waals surface area contributed by atoms with Gasteiger partial charge in [-0.15, -0.1) is 0 Å². The molecule has 0 spiro atoms. The molecule has 0 bridgehead atoms. The van der Waals surface area contributed by atoms with Crippen molar-refractivity contribution in [1.29, 1.82) is 0 Å². The van der Waals surface area contributed by atoms with Crippen molar-refractivity contribution in [3.05, 3.63) is 156 Å². The molecule has 4 aromatic carbocycles. The van der Waals surface area contributed by atoms with Gasteiger partial charge in [-0.05, 0) is 56.0 Å². The lowest BCUT2D eigenvalue weighted by molar-refractivity contribution is -0.371. The standard InChI is InChI=1S/C48H56O11/c1-6-48(53-32-37-40-41(57-46(2,3)56-40)43-45(54-37)59-47(4,5)58-43)44(52-30-36-25-17-10-18-26-36)42(51-29-35-23-15-9-16-24-35)39(50-28-34-21-13-8-14-22-34)38(55-48)31-49-27-33-19-11-7-12-20-33/h6-26,37-45H,1,27-32H2,2-5H3/t37-,38-,39+,40+,41+,42+,43-,44-,45-,48+/m1/s1. The number of hydrogen-bond acceptors (Lipinski definition) is 11. The van der Waals surface area contributed by atoms with Crippen LogP contribution in [0.4, 0.5) is 0 Å². The Hall–Kier alpha value is -3.82. The third-order valence-electron chi connectivity index (χ3n) is 11.0. The lowest BCUT2D eigenvalue weighted by Gasteiger charge is -2.51. The van der Waals surface area contributed by atoms with Crippen molar-refractivity contribution in [2.24, 2.45) is 0 Å². The number of rotatable bonds is 17. The minimum Gasteiger partial charge on any atom is -0.374 e. The fourth-order valence-corrected chi connectivity index (χ4v) is 8.25. The molecule has 0 saturated carbocycles. The van der Waals surface area contributed by atoms with E-state index >= 15 is 0 Å². The molecule has 0 aliphatic carbocycles. The largest absolute Gasteiger partial charge is 0.374 e. The van der Waals surface area contributed by atoms with Crippen LogP contribution >= 0.6 is 0 Å². The summed E-state index contributed by atoms with van der Waals surface area (Å²) in [5, 5.41) is 0. The van der Waals surface area contributed by atoms with E-state index in [9.17, 15) is 0 Å². The first-order valence-corrected chi connectivity index (χ1v) is 20.5. The van der Waals surface area contributed by atoms with E-state index in [4.69, 9.17) is 52.1 Å². The van der Waals surface area contributed by atoms with E-state index in [2.05, 4.69) is 6.58 Å². The van der Waals surface area contributed by atoms with Gasteiger partial charge >= 0.3 is 0 Å². The van der Waals surface area contributed by atoms with Gasteiger partial charge in [0.15, 0.2) is 17.9 Å². The Morgan fingerprint density at radius 3 is 1.54 bits per heavy atom. The zero-order valence-electron chi connectivity index (χ0n) is 34.3. The van der Waals surface area contributed by atoms with Crippen LogP contribution < -0.4 is 0 Å². The van der Waals surface area contributed by atoms with Gasteiger partial charge in [-0.25, -0.2) is 0 Å². The molecule has 4 aliphatic rings. The molecule has 59 heavy (non-hydrogen) atoms. The summed E-state index contributed by atoms with van der Waals surface area (Å²) < 4.78 is 73.3. The quantitative estimate of drug-likeness (QED) is 0.0984. The normalized spacial score (nSPS) is 32.0. The smallest absolute Gasteiger partial charge is 0.217 e. The monoisotopic (exact) mass is 808 g/mol. The fraction of sp³-hybridized carbons (Fsp3) is 0.458. The van der Waals surface area contributed by atoms with Crippen molar-refractivity contribution in [2.75, 3.05) is 13.2 Å². The molecule has 0 unspecified atom stereocenters. The molecule has 0 radical (unpaired) electrons. The first-order chi connectivity index (χ1) is 28.6. The Bertz CT molecular complexity index is 1910. The van der Waals surface area contributed by atoms with Crippen LogP contribution in [0.25, 0.3) is 0 Å². The molecule has 0 N–H and O–H groups in total. The molecule has 4 heterocycles. The van der Waals surface area contributed by atoms with Crippen molar-refractivity contribution in [1.82, 2.24) is 0 Å². The maximum atomic E-state index is 7.13. The minimum atomic E-state index is -1.58. The summed E-state index contributed by atoms with van der Waals surface area (Å²) in [4.78, 5) is 0. The molecular weight excluding hydrogens is 753 g/mol. The highest BCUT2D eigenvalue weighted by atomic mass is 16.9. The predicted octanol–water partition coefficient (Wildman–Crippen LogP) is 7.65. The zero-order chi connectivity index (χ0) is 40.9. The fourth-order valence-electron chi connectivity index (χ4n) is 8.25. The van der Waals surface area contributed by atoms with E-state index in [0.717, 1.165) is 22.3 Å². The van der Waals surface area contributed by atoms with Gasteiger partial charge < -0.3 is 52.1 Å². The van der Waals surface area contributed by atoms with Gasteiger partial charge in [0.2, 0.25) is 5.79 Å². The molecule has 4 aliphatic heterocycles. The van der Waals surface area contributed by atoms with Gasteiger partial charge in [0, 0.05) is 0 Å². The van der Waals surface area contributed by atoms with Crippen molar-refractivity contribution >= 4 is 0 Å². The summed E-state index contributed by atoms with van der Waals surface area (Å²) in [5.41, 5.74) is 3.99. The molecular formula is C48H56O11. The maximum Gasteiger partial charge on any atom is 0.217 e. The Labute approximate surface area is 347 Å². The zero-order valence-corrected chi connectivity index (χ0v) is 34.3. The van der Waals surface area contributed by atoms with Crippen molar-refractivity contribution in [3.8, 4) is 0 Å². The van der Waals surface area contributed by atoms with Crippen LogP contribution in [0.3, 0.4) is 0 Å². The van der Waals surface area contributed by atoms with Crippen LogP contribution in [0.5, 0.6) is 0 Å². The predicted molar refractivity (Wildman–Crippen MR) is 217 cm³/mol. The Morgan fingerprint density at radius 2 is 0.983 bits per heavy atom. The van der Waals surface area contributed by atoms with E-state index in [0.29, 0.717) is 13.2 Å². The topological polar surface area (TPSA) is 102 Å². The summed E-state index contributed by atoms with van der Waals surface area (Å²) in [6.07, 6.45) is -4.16. The van der Waals surface area contributed by atoms with Crippen molar-refractivity contribution in [2.45, 2.75) is 127 Å². The summed E-state index contributed by atoms with van der Waals surface area (Å²) in [7, 11) is 0. The number of ether oxygens (including phenoxy) is 11. The van der Waals surface area contributed by atoms with Crippen LogP contribution in [0, 0.1) is 0 Å². The van der Waals surface area contributed by atoms with Gasteiger partial charge in [-0.3, -0.25) is 0 Å². The molecule has 4 fully saturated rings. The molecule has 0 amide bonds. The van der Waals surface area contributed by atoms with Crippen molar-refractivity contribution in [3.63, 3.8) is 0 Å². The van der Waals surface area contributed by atoms with E-state index in [1.54, 1.807) is 6.08 Å². The van der Waals surface area contributed by atoms with Crippen LogP contribution in [-0.2, 0) is 78.5 Å². The molecule has 0 aromatic heterocycles. The first kappa shape index (κ1) is 41.9. The highest BCUT2D eigenvalue weighted by Crippen LogP contribution is 2.45. The third-order valence-corrected chi connectivity index (χ3v) is 11.0. The van der Waals surface area contributed by atoms with Gasteiger partial charge in [0.25, 0.3) is 0 Å². The molecule has 314 valence electrons. The summed E-state index contributed by atoms with van der Waals surface area (Å²) in [6, 6.07) is 40.0. The summed E-state index contributed by atoms with van der Waals surface area (Å²) in [6.45, 7) is 13.1. The third kappa shape index (κ3) is 10.0. The van der Waals surface area contributed by atoms with Crippen LogP contribution in [0.2, 0.25) is 0 Å². The van der Waals surface area contributed by atoms with E-state index < -0.39 is 72.5 Å². The van der Waals surface area contributed by atoms with Gasteiger partial charge in [0.1, 0.15) is 48.8 Å². The van der Waals surface area contributed by atoms with Crippen LogP contribution in [0.1, 0.15) is 49.9 Å². The molecule has 10 atom stereocenters. The number of fused-ring (bicyclic) bond motifs is 3. The highest BCUT2D eigenvalue weighted by molar-refractivity contribution is 5.18. The van der Waals surface area contributed by atoms with Gasteiger partial charge in [0.05, 0.1) is 39.6 Å². The van der Waals surface area contributed by atoms with Gasteiger partial charge in [-0.2, -0.15) is 0 Å². The van der Waals surface area contributed by atoms with E-state index in [1.165, 1.54) is 0 Å². The molecule has 8 rings (SSSR count). The Morgan fingerprint density at radius 1 is 0.508 bits per heavy atom. The second kappa shape index (κ2) is 18.4. The highest BCUT2D eigenvalue weighted by Gasteiger charge is 2.62. The summed E-state index contributed by atoms with van der Waals surface area (Å²) in [5.74, 6) is -3.34. The molecule has 4 aromatic rings. The molecule has 11 heteroatoms. The molecule has 11 nitrogen and oxygen atoms in total. The summed E-state index contributed by atoms with van der Waals surface area (Å²) >= 11 is 0. The van der Waals surface area contributed by atoms with Crippen LogP contribution in [0.15, 0.2) is 134 Å². The maximum absolute atomic E-state index is 7.13. The molecule has 4 saturated heterocycles. The average Bonchev–Trinajstić information content (AvgIpc) is 3.76. The average molecular weight is 809 g/mol. The van der Waals surface area contributed by atoms with Crippen molar-refractivity contribution < 1.29 is 52.1 Å². The SMILES string of the molecule is C=C[C@]1(OC[C@H]2O[C@@H]3OC(C)(C)O[C@@H]3[C@H]3OC(C)(C)O[C@H]32)O[C@H](COCc2ccccc2)[C@H](OCc2ccccc2)[C@H](OCc2ccccc2)[C@H]1OCc1ccccc1. The Balaban J connectivity index is 1.14. The number of benzene rings is 4. The second-order valence-corrected chi connectivity index (χ2v) is 16.3. The second-order valence-electron chi connectivity index (χ2n) is 16.3. The first-order valence-electron chi connectivity index (χ1n) is 20.5.